The van der Waals surface area contributed by atoms with E-state index in [4.69, 9.17) is 9.47 Å². The van der Waals surface area contributed by atoms with Gasteiger partial charge in [-0.05, 0) is 31.5 Å². The van der Waals surface area contributed by atoms with Gasteiger partial charge in [-0.25, -0.2) is 4.98 Å². The molecule has 2 aromatic rings. The minimum absolute atomic E-state index is 0.0416. The molecule has 0 saturated heterocycles. The lowest BCUT2D eigenvalue weighted by Gasteiger charge is -2.41. The highest BCUT2D eigenvalue weighted by Gasteiger charge is 2.32. The normalized spacial score (nSPS) is 16.5. The second kappa shape index (κ2) is 6.86. The van der Waals surface area contributed by atoms with Gasteiger partial charge in [0.2, 0.25) is 5.88 Å². The summed E-state index contributed by atoms with van der Waals surface area (Å²) in [5.74, 6) is 1.30. The quantitative estimate of drug-likeness (QED) is 0.845. The van der Waals surface area contributed by atoms with Crippen molar-refractivity contribution >= 4 is 17.3 Å². The van der Waals surface area contributed by atoms with E-state index in [0.717, 1.165) is 36.6 Å². The van der Waals surface area contributed by atoms with Crippen LogP contribution in [0.25, 0.3) is 0 Å². The highest BCUT2D eigenvalue weighted by atomic mass is 16.5. The number of carbonyl (C=O) groups is 1. The minimum atomic E-state index is -0.0416. The molecule has 0 N–H and O–H groups in total. The molecule has 2 aliphatic heterocycles. The third-order valence-corrected chi connectivity index (χ3v) is 4.92. The third kappa shape index (κ3) is 2.96. The molecule has 2 aliphatic rings. The average Bonchev–Trinajstić information content (AvgIpc) is 2.68. The van der Waals surface area contributed by atoms with Crippen molar-refractivity contribution in [3.63, 3.8) is 0 Å². The number of pyridine rings is 1. The molecule has 136 valence electrons. The van der Waals surface area contributed by atoms with Crippen LogP contribution in [-0.4, -0.2) is 43.2 Å². The smallest absolute Gasteiger partial charge is 0.258 e. The van der Waals surface area contributed by atoms with Crippen molar-refractivity contribution < 1.29 is 14.3 Å². The number of amides is 1. The van der Waals surface area contributed by atoms with Gasteiger partial charge >= 0.3 is 0 Å². The van der Waals surface area contributed by atoms with E-state index >= 15 is 0 Å². The number of carbonyl (C=O) groups excluding carboxylic acids is 1. The Morgan fingerprint density at radius 2 is 2.19 bits per heavy atom. The zero-order valence-electron chi connectivity index (χ0n) is 15.1. The largest absolute Gasteiger partial charge is 0.489 e. The predicted molar refractivity (Wildman–Crippen MR) is 100 cm³/mol. The van der Waals surface area contributed by atoms with Gasteiger partial charge < -0.3 is 19.3 Å². The molecule has 0 aliphatic carbocycles. The van der Waals surface area contributed by atoms with Gasteiger partial charge in [-0.2, -0.15) is 0 Å². The van der Waals surface area contributed by atoms with Crippen molar-refractivity contribution in [3.8, 4) is 11.6 Å². The highest BCUT2D eigenvalue weighted by Crippen LogP contribution is 2.43. The monoisotopic (exact) mass is 353 g/mol. The van der Waals surface area contributed by atoms with Crippen LogP contribution >= 0.6 is 0 Å². The van der Waals surface area contributed by atoms with Crippen molar-refractivity contribution in [2.24, 2.45) is 0 Å². The molecular weight excluding hydrogens is 330 g/mol. The standard InChI is InChI=1S/C20H23N3O3/c1-3-14(2)26-18-13-15(7-8-21-18)20(24)23-10-9-22-11-12-25-17-6-4-5-16(23)19(17)22/h4-8,13-14H,3,9-12H2,1-2H3. The molecule has 3 heterocycles. The fraction of sp³-hybridized carbons (Fsp3) is 0.400. The molecule has 6 heteroatoms. The number of anilines is 2. The maximum Gasteiger partial charge on any atom is 0.258 e. The van der Waals surface area contributed by atoms with Gasteiger partial charge in [0.05, 0.1) is 18.3 Å². The fourth-order valence-electron chi connectivity index (χ4n) is 3.37. The second-order valence-corrected chi connectivity index (χ2v) is 6.64. The summed E-state index contributed by atoms with van der Waals surface area (Å²) in [5.41, 5.74) is 2.50. The number of ether oxygens (including phenoxy) is 2. The molecule has 0 saturated carbocycles. The first-order valence-electron chi connectivity index (χ1n) is 9.12. The van der Waals surface area contributed by atoms with Crippen molar-refractivity contribution in [2.75, 3.05) is 36.0 Å². The van der Waals surface area contributed by atoms with Crippen molar-refractivity contribution in [3.05, 3.63) is 42.1 Å². The summed E-state index contributed by atoms with van der Waals surface area (Å²) in [7, 11) is 0. The van der Waals surface area contributed by atoms with Crippen LogP contribution in [0.5, 0.6) is 11.6 Å². The zero-order chi connectivity index (χ0) is 18.1. The van der Waals surface area contributed by atoms with Gasteiger partial charge in [0, 0.05) is 30.9 Å². The Hall–Kier alpha value is -2.76. The molecule has 4 rings (SSSR count). The maximum absolute atomic E-state index is 13.2. The Balaban J connectivity index is 1.64. The topological polar surface area (TPSA) is 54.9 Å². The van der Waals surface area contributed by atoms with Crippen LogP contribution in [-0.2, 0) is 0 Å². The third-order valence-electron chi connectivity index (χ3n) is 4.92. The van der Waals surface area contributed by atoms with Crippen molar-refractivity contribution in [1.82, 2.24) is 4.98 Å². The van der Waals surface area contributed by atoms with Crippen molar-refractivity contribution in [1.29, 1.82) is 0 Å². The van der Waals surface area contributed by atoms with E-state index in [1.165, 1.54) is 0 Å². The number of para-hydroxylation sites is 1. The molecule has 1 aromatic carbocycles. The van der Waals surface area contributed by atoms with Crippen LogP contribution in [0.2, 0.25) is 0 Å². The Bertz CT molecular complexity index is 824. The molecule has 0 fully saturated rings. The van der Waals surface area contributed by atoms with Gasteiger partial charge in [0.25, 0.3) is 5.91 Å². The average molecular weight is 353 g/mol. The first-order valence-corrected chi connectivity index (χ1v) is 9.12. The lowest BCUT2D eigenvalue weighted by molar-refractivity contribution is 0.0985. The zero-order valence-corrected chi connectivity index (χ0v) is 15.1. The van der Waals surface area contributed by atoms with Crippen LogP contribution in [0.4, 0.5) is 11.4 Å². The van der Waals surface area contributed by atoms with Crippen LogP contribution in [0.1, 0.15) is 30.6 Å². The lowest BCUT2D eigenvalue weighted by Crippen LogP contribution is -2.47. The van der Waals surface area contributed by atoms with Crippen LogP contribution in [0.3, 0.4) is 0 Å². The molecule has 6 nitrogen and oxygen atoms in total. The van der Waals surface area contributed by atoms with Crippen molar-refractivity contribution in [2.45, 2.75) is 26.4 Å². The van der Waals surface area contributed by atoms with E-state index in [9.17, 15) is 4.79 Å². The molecule has 26 heavy (non-hydrogen) atoms. The number of hydrogen-bond donors (Lipinski definition) is 0. The maximum atomic E-state index is 13.2. The molecular formula is C20H23N3O3. The van der Waals surface area contributed by atoms with Gasteiger partial charge in [0.15, 0.2) is 0 Å². The Kier molecular flexibility index (Phi) is 4.41. The molecule has 1 aromatic heterocycles. The Labute approximate surface area is 153 Å². The number of hydrogen-bond acceptors (Lipinski definition) is 5. The van der Waals surface area contributed by atoms with E-state index < -0.39 is 0 Å². The summed E-state index contributed by atoms with van der Waals surface area (Å²) in [5, 5.41) is 0. The summed E-state index contributed by atoms with van der Waals surface area (Å²) < 4.78 is 11.5. The first kappa shape index (κ1) is 16.7. The predicted octanol–water partition coefficient (Wildman–Crippen LogP) is 3.12. The first-order chi connectivity index (χ1) is 12.7. The van der Waals surface area contributed by atoms with Gasteiger partial charge in [-0.1, -0.05) is 13.0 Å². The molecule has 0 spiro atoms. The molecule has 1 amide bonds. The summed E-state index contributed by atoms with van der Waals surface area (Å²) in [6.45, 7) is 7.05. The minimum Gasteiger partial charge on any atom is -0.489 e. The number of benzene rings is 1. The van der Waals surface area contributed by atoms with Gasteiger partial charge in [-0.15, -0.1) is 0 Å². The second-order valence-electron chi connectivity index (χ2n) is 6.64. The van der Waals surface area contributed by atoms with Crippen LogP contribution in [0.15, 0.2) is 36.5 Å². The molecule has 1 atom stereocenters. The highest BCUT2D eigenvalue weighted by molar-refractivity contribution is 6.09. The van der Waals surface area contributed by atoms with E-state index in [2.05, 4.69) is 16.8 Å². The Morgan fingerprint density at radius 3 is 3.04 bits per heavy atom. The number of aromatic nitrogens is 1. The lowest BCUT2D eigenvalue weighted by atomic mass is 10.1. The number of rotatable bonds is 4. The summed E-state index contributed by atoms with van der Waals surface area (Å²) >= 11 is 0. The summed E-state index contributed by atoms with van der Waals surface area (Å²) in [6, 6.07) is 9.35. The van der Waals surface area contributed by atoms with E-state index in [1.807, 2.05) is 30.0 Å². The summed E-state index contributed by atoms with van der Waals surface area (Å²) in [6.07, 6.45) is 2.58. The molecule has 0 radical (unpaired) electrons. The molecule has 0 bridgehead atoms. The fourth-order valence-corrected chi connectivity index (χ4v) is 3.37. The molecule has 1 unspecified atom stereocenters. The van der Waals surface area contributed by atoms with Gasteiger partial charge in [-0.3, -0.25) is 4.79 Å². The summed E-state index contributed by atoms with van der Waals surface area (Å²) in [4.78, 5) is 21.5. The SMILES string of the molecule is CCC(C)Oc1cc(C(=O)N2CCN3CCOc4cccc2c43)ccn1. The van der Waals surface area contributed by atoms with Gasteiger partial charge in [0.1, 0.15) is 18.0 Å². The van der Waals surface area contributed by atoms with E-state index in [-0.39, 0.29) is 12.0 Å². The van der Waals surface area contributed by atoms with E-state index in [1.54, 1.807) is 18.3 Å². The van der Waals surface area contributed by atoms with Crippen LogP contribution < -0.4 is 19.3 Å². The number of nitrogens with zero attached hydrogens (tertiary/aromatic N) is 3. The van der Waals surface area contributed by atoms with E-state index in [0.29, 0.717) is 24.6 Å². The van der Waals surface area contributed by atoms with Crippen LogP contribution in [0, 0.1) is 0 Å². The Morgan fingerprint density at radius 1 is 1.31 bits per heavy atom.